The van der Waals surface area contributed by atoms with Gasteiger partial charge in [0, 0.05) is 24.9 Å². The lowest BCUT2D eigenvalue weighted by molar-refractivity contribution is -0.152. The summed E-state index contributed by atoms with van der Waals surface area (Å²) in [4.78, 5) is 30.6. The van der Waals surface area contributed by atoms with Gasteiger partial charge in [-0.05, 0) is 74.3 Å². The second-order valence-corrected chi connectivity index (χ2v) is 10.2. The lowest BCUT2D eigenvalue weighted by Gasteiger charge is -2.28. The first-order valence-electron chi connectivity index (χ1n) is 12.2. The minimum absolute atomic E-state index is 0.266. The van der Waals surface area contributed by atoms with Gasteiger partial charge in [-0.1, -0.05) is 12.1 Å². The number of hydrogen-bond donors (Lipinski definition) is 0. The highest BCUT2D eigenvalue weighted by Gasteiger charge is 2.41. The highest BCUT2D eigenvalue weighted by Crippen LogP contribution is 2.48. The summed E-state index contributed by atoms with van der Waals surface area (Å²) < 4.78 is 22.4. The second-order valence-electron chi connectivity index (χ2n) is 9.04. The van der Waals surface area contributed by atoms with Gasteiger partial charge in [0.2, 0.25) is 0 Å². The predicted molar refractivity (Wildman–Crippen MR) is 148 cm³/mol. The Bertz CT molecular complexity index is 1260. The molecule has 0 aliphatic carbocycles. The maximum absolute atomic E-state index is 13.9. The lowest BCUT2D eigenvalue weighted by atomic mass is 10.1. The molecule has 1 heterocycles. The van der Waals surface area contributed by atoms with Crippen molar-refractivity contribution in [2.75, 3.05) is 46.3 Å². The van der Waals surface area contributed by atoms with Crippen LogP contribution in [0.15, 0.2) is 71.6 Å². The first-order valence-corrected chi connectivity index (χ1v) is 13.1. The van der Waals surface area contributed by atoms with Gasteiger partial charge in [-0.15, -0.1) is 11.8 Å². The third kappa shape index (κ3) is 6.41. The molecule has 0 N–H and O–H groups in total. The number of carbonyl (C=O) groups is 2. The Morgan fingerprint density at radius 2 is 1.47 bits per heavy atom. The number of methoxy groups -OCH3 is 2. The van der Waals surface area contributed by atoms with Crippen molar-refractivity contribution in [1.82, 2.24) is 4.90 Å². The van der Waals surface area contributed by atoms with Gasteiger partial charge in [0.05, 0.1) is 25.2 Å². The number of fused-ring (bicyclic) bond motifs is 1. The number of carbonyl (C=O) groups excluding carboxylic acids is 2. The van der Waals surface area contributed by atoms with E-state index < -0.39 is 17.3 Å². The molecule has 0 saturated heterocycles. The number of likely N-dealkylation sites (N-methyl/N-ethyl adjacent to an activating group) is 1. The number of anilines is 1. The predicted octanol–water partition coefficient (Wildman–Crippen LogP) is 5.17. The molecule has 1 aliphatic rings. The molecule has 3 aromatic carbocycles. The van der Waals surface area contributed by atoms with Crippen LogP contribution in [0.1, 0.15) is 17.7 Å². The summed E-state index contributed by atoms with van der Waals surface area (Å²) in [5.74, 6) is 1.95. The first kappa shape index (κ1) is 27.3. The largest absolute Gasteiger partial charge is 0.497 e. The van der Waals surface area contributed by atoms with Gasteiger partial charge in [-0.25, -0.2) is 0 Å². The summed E-state index contributed by atoms with van der Waals surface area (Å²) in [6.45, 7) is 2.40. The maximum atomic E-state index is 13.9. The highest BCUT2D eigenvalue weighted by molar-refractivity contribution is 7.99. The fourth-order valence-corrected chi connectivity index (χ4v) is 5.46. The molecule has 8 nitrogen and oxygen atoms in total. The molecule has 0 spiro atoms. The van der Waals surface area contributed by atoms with E-state index in [4.69, 9.17) is 18.9 Å². The molecule has 0 saturated carbocycles. The minimum Gasteiger partial charge on any atom is -0.497 e. The van der Waals surface area contributed by atoms with Crippen LogP contribution in [0.4, 0.5) is 5.69 Å². The highest BCUT2D eigenvalue weighted by atomic mass is 32.2. The van der Waals surface area contributed by atoms with Crippen molar-refractivity contribution in [3.05, 3.63) is 72.3 Å². The van der Waals surface area contributed by atoms with Crippen molar-refractivity contribution in [2.24, 2.45) is 0 Å². The SMILES string of the molecule is COc1ccc(Oc2ccc3c(c2)S[C@@H](c2ccc(OC)cc2)[C@@H](OC(C)=O)C(=O)N3CCN(C)C)cc1. The van der Waals surface area contributed by atoms with Gasteiger partial charge >= 0.3 is 5.97 Å². The average molecular weight is 537 g/mol. The van der Waals surface area contributed by atoms with Gasteiger partial charge in [-0.3, -0.25) is 9.59 Å². The van der Waals surface area contributed by atoms with E-state index in [1.807, 2.05) is 85.7 Å². The zero-order valence-corrected chi connectivity index (χ0v) is 23.0. The molecule has 0 bridgehead atoms. The topological polar surface area (TPSA) is 77.5 Å². The molecule has 1 amide bonds. The van der Waals surface area contributed by atoms with E-state index in [9.17, 15) is 9.59 Å². The Morgan fingerprint density at radius 3 is 2.05 bits per heavy atom. The Balaban J connectivity index is 1.76. The quantitative estimate of drug-likeness (QED) is 0.347. The second kappa shape index (κ2) is 12.2. The molecular formula is C29H32N2O6S. The Labute approximate surface area is 227 Å². The minimum atomic E-state index is -1.01. The normalized spacial score (nSPS) is 17.0. The number of amides is 1. The van der Waals surface area contributed by atoms with E-state index in [-0.39, 0.29) is 5.91 Å². The van der Waals surface area contributed by atoms with Crippen LogP contribution in [0.5, 0.6) is 23.0 Å². The van der Waals surface area contributed by atoms with Crippen LogP contribution < -0.4 is 19.1 Å². The number of ether oxygens (including phenoxy) is 4. The van der Waals surface area contributed by atoms with Crippen molar-refractivity contribution in [3.63, 3.8) is 0 Å². The molecule has 2 atom stereocenters. The van der Waals surface area contributed by atoms with Crippen LogP contribution in [0.3, 0.4) is 0 Å². The maximum Gasteiger partial charge on any atom is 0.303 e. The average Bonchev–Trinajstić information content (AvgIpc) is 3.02. The molecule has 0 unspecified atom stereocenters. The van der Waals surface area contributed by atoms with Crippen LogP contribution in [0.2, 0.25) is 0 Å². The molecule has 3 aromatic rings. The smallest absolute Gasteiger partial charge is 0.303 e. The standard InChI is InChI=1S/C29H32N2O6S/c1-19(32)36-27-28(20-6-8-21(34-4)9-7-20)38-26-18-24(37-23-12-10-22(35-5)11-13-23)14-15-25(26)31(29(27)33)17-16-30(2)3/h6-15,18,27-28H,16-17H2,1-5H3/t27-,28+/m1/s1. The van der Waals surface area contributed by atoms with Crippen LogP contribution in [0.25, 0.3) is 0 Å². The third-order valence-electron chi connectivity index (χ3n) is 6.06. The molecule has 1 aliphatic heterocycles. The fourth-order valence-electron chi connectivity index (χ4n) is 4.11. The lowest BCUT2D eigenvalue weighted by Crippen LogP contribution is -2.45. The number of benzene rings is 3. The van der Waals surface area contributed by atoms with Gasteiger partial charge in [-0.2, -0.15) is 0 Å². The molecule has 0 aromatic heterocycles. The van der Waals surface area contributed by atoms with Crippen molar-refractivity contribution in [3.8, 4) is 23.0 Å². The van der Waals surface area contributed by atoms with Gasteiger partial charge in [0.25, 0.3) is 5.91 Å². The van der Waals surface area contributed by atoms with E-state index in [0.717, 1.165) is 21.9 Å². The molecule has 9 heteroatoms. The summed E-state index contributed by atoms with van der Waals surface area (Å²) in [6.07, 6.45) is -1.01. The number of hydrogen-bond acceptors (Lipinski definition) is 8. The molecule has 4 rings (SSSR count). The summed E-state index contributed by atoms with van der Waals surface area (Å²) >= 11 is 1.47. The Hall–Kier alpha value is -3.69. The molecule has 200 valence electrons. The van der Waals surface area contributed by atoms with Crippen molar-refractivity contribution in [2.45, 2.75) is 23.2 Å². The van der Waals surface area contributed by atoms with E-state index >= 15 is 0 Å². The number of thioether (sulfide) groups is 1. The third-order valence-corrected chi connectivity index (χ3v) is 7.42. The fraction of sp³-hybridized carbons (Fsp3) is 0.310. The summed E-state index contributed by atoms with van der Waals surface area (Å²) in [5, 5.41) is -0.475. The van der Waals surface area contributed by atoms with Gasteiger partial charge in [0.15, 0.2) is 6.10 Å². The number of esters is 1. The van der Waals surface area contributed by atoms with Crippen LogP contribution in [-0.4, -0.2) is 64.3 Å². The summed E-state index contributed by atoms with van der Waals surface area (Å²) in [6, 6.07) is 20.4. The molecular weight excluding hydrogens is 504 g/mol. The first-order chi connectivity index (χ1) is 18.3. The molecule has 38 heavy (non-hydrogen) atoms. The summed E-state index contributed by atoms with van der Waals surface area (Å²) in [5.41, 5.74) is 1.59. The Kier molecular flexibility index (Phi) is 8.81. The molecule has 0 fully saturated rings. The van der Waals surface area contributed by atoms with Crippen molar-refractivity contribution < 1.29 is 28.5 Å². The van der Waals surface area contributed by atoms with Crippen LogP contribution >= 0.6 is 11.8 Å². The zero-order valence-electron chi connectivity index (χ0n) is 22.2. The van der Waals surface area contributed by atoms with Crippen molar-refractivity contribution in [1.29, 1.82) is 0 Å². The van der Waals surface area contributed by atoms with Crippen molar-refractivity contribution >= 4 is 29.3 Å². The number of nitrogens with zero attached hydrogens (tertiary/aromatic N) is 2. The summed E-state index contributed by atoms with van der Waals surface area (Å²) in [7, 11) is 7.12. The monoisotopic (exact) mass is 536 g/mol. The van der Waals surface area contributed by atoms with Crippen LogP contribution in [0, 0.1) is 0 Å². The zero-order chi connectivity index (χ0) is 27.2. The van der Waals surface area contributed by atoms with E-state index in [1.165, 1.54) is 18.7 Å². The Morgan fingerprint density at radius 1 is 0.895 bits per heavy atom. The van der Waals surface area contributed by atoms with Crippen LogP contribution in [-0.2, 0) is 14.3 Å². The number of rotatable bonds is 9. The van der Waals surface area contributed by atoms with E-state index in [1.54, 1.807) is 19.1 Å². The van der Waals surface area contributed by atoms with E-state index in [0.29, 0.717) is 30.3 Å². The van der Waals surface area contributed by atoms with E-state index in [2.05, 4.69) is 0 Å². The van der Waals surface area contributed by atoms with Gasteiger partial charge in [0.1, 0.15) is 23.0 Å². The van der Waals surface area contributed by atoms with Gasteiger partial charge < -0.3 is 28.7 Å². The molecule has 0 radical (unpaired) electrons.